The average Bonchev–Trinajstić information content (AvgIpc) is 2.74. The number of methoxy groups -OCH3 is 1. The highest BCUT2D eigenvalue weighted by Crippen LogP contribution is 2.30. The van der Waals surface area contributed by atoms with Gasteiger partial charge < -0.3 is 21.1 Å². The minimum atomic E-state index is -0.224. The molecule has 0 heterocycles. The highest BCUT2D eigenvalue weighted by molar-refractivity contribution is 6.05. The van der Waals surface area contributed by atoms with Crippen LogP contribution < -0.4 is 21.1 Å². The van der Waals surface area contributed by atoms with Crippen molar-refractivity contribution in [2.24, 2.45) is 11.7 Å². The van der Waals surface area contributed by atoms with Gasteiger partial charge in [-0.1, -0.05) is 31.4 Å². The molecule has 1 aliphatic carbocycles. The standard InChI is InChI=1S/C22H27N3O3.ClH/c1-28-20-12-11-18(24-21(26)17-9-7-15(14-23)8-10-17)13-19(20)25-22(27)16-5-3-2-4-6-16;/h7-13,16H,2-6,14,23H2,1H3,(H,24,26)(H,25,27);1H. The molecule has 1 aliphatic rings. The Morgan fingerprint density at radius 3 is 2.34 bits per heavy atom. The highest BCUT2D eigenvalue weighted by atomic mass is 35.5. The number of benzene rings is 2. The number of hydrogen-bond acceptors (Lipinski definition) is 4. The Balaban J connectivity index is 0.00000300. The number of carbonyl (C=O) groups excluding carboxylic acids is 2. The van der Waals surface area contributed by atoms with Crippen molar-refractivity contribution >= 4 is 35.6 Å². The number of anilines is 2. The first-order valence-electron chi connectivity index (χ1n) is 9.70. The van der Waals surface area contributed by atoms with E-state index in [9.17, 15) is 9.59 Å². The fraction of sp³-hybridized carbons (Fsp3) is 0.364. The van der Waals surface area contributed by atoms with E-state index in [4.69, 9.17) is 10.5 Å². The molecule has 1 fully saturated rings. The van der Waals surface area contributed by atoms with Crippen LogP contribution in [0.25, 0.3) is 0 Å². The zero-order chi connectivity index (χ0) is 19.9. The molecule has 0 aromatic heterocycles. The Labute approximate surface area is 177 Å². The van der Waals surface area contributed by atoms with Gasteiger partial charge in [-0.05, 0) is 48.7 Å². The van der Waals surface area contributed by atoms with Crippen molar-refractivity contribution in [3.8, 4) is 5.75 Å². The molecule has 7 heteroatoms. The fourth-order valence-electron chi connectivity index (χ4n) is 3.48. The topological polar surface area (TPSA) is 93.4 Å². The molecule has 0 saturated heterocycles. The van der Waals surface area contributed by atoms with Gasteiger partial charge in [0.05, 0.1) is 12.8 Å². The van der Waals surface area contributed by atoms with Gasteiger partial charge in [-0.25, -0.2) is 0 Å². The first kappa shape index (κ1) is 22.7. The molecule has 1 saturated carbocycles. The summed E-state index contributed by atoms with van der Waals surface area (Å²) >= 11 is 0. The maximum absolute atomic E-state index is 12.6. The van der Waals surface area contributed by atoms with Gasteiger partial charge in [-0.15, -0.1) is 12.4 Å². The van der Waals surface area contributed by atoms with Crippen molar-refractivity contribution in [1.82, 2.24) is 0 Å². The van der Waals surface area contributed by atoms with E-state index in [1.54, 1.807) is 37.4 Å². The molecule has 0 spiro atoms. The molecule has 156 valence electrons. The van der Waals surface area contributed by atoms with Crippen LogP contribution in [0, 0.1) is 5.92 Å². The van der Waals surface area contributed by atoms with Crippen LogP contribution in [0.2, 0.25) is 0 Å². The lowest BCUT2D eigenvalue weighted by Crippen LogP contribution is -2.25. The highest BCUT2D eigenvalue weighted by Gasteiger charge is 2.22. The normalized spacial score (nSPS) is 13.9. The van der Waals surface area contributed by atoms with Crippen LogP contribution in [0.3, 0.4) is 0 Å². The first-order chi connectivity index (χ1) is 13.6. The predicted octanol–water partition coefficient (Wildman–Crippen LogP) is 4.35. The lowest BCUT2D eigenvalue weighted by atomic mass is 9.88. The number of hydrogen-bond donors (Lipinski definition) is 3. The van der Waals surface area contributed by atoms with Gasteiger partial charge >= 0.3 is 0 Å². The number of amides is 2. The third-order valence-electron chi connectivity index (χ3n) is 5.14. The van der Waals surface area contributed by atoms with Crippen molar-refractivity contribution in [2.45, 2.75) is 38.6 Å². The Morgan fingerprint density at radius 2 is 1.72 bits per heavy atom. The van der Waals surface area contributed by atoms with Crippen LogP contribution in [0.1, 0.15) is 48.0 Å². The van der Waals surface area contributed by atoms with E-state index in [-0.39, 0.29) is 30.1 Å². The molecule has 2 amide bonds. The number of nitrogens with one attached hydrogen (secondary N) is 2. The van der Waals surface area contributed by atoms with Crippen molar-refractivity contribution in [1.29, 1.82) is 0 Å². The lowest BCUT2D eigenvalue weighted by Gasteiger charge is -2.21. The molecule has 0 bridgehead atoms. The van der Waals surface area contributed by atoms with Crippen molar-refractivity contribution in [3.63, 3.8) is 0 Å². The third kappa shape index (κ3) is 5.95. The predicted molar refractivity (Wildman–Crippen MR) is 118 cm³/mol. The maximum atomic E-state index is 12.6. The molecular weight excluding hydrogens is 390 g/mol. The molecule has 0 unspecified atom stereocenters. The number of nitrogens with two attached hydrogens (primary N) is 1. The fourth-order valence-corrected chi connectivity index (χ4v) is 3.48. The SMILES string of the molecule is COc1ccc(NC(=O)c2ccc(CN)cc2)cc1NC(=O)C1CCCCC1.Cl. The Bertz CT molecular complexity index is 834. The summed E-state index contributed by atoms with van der Waals surface area (Å²) < 4.78 is 5.36. The van der Waals surface area contributed by atoms with E-state index in [1.807, 2.05) is 12.1 Å². The van der Waals surface area contributed by atoms with Gasteiger partial charge in [-0.2, -0.15) is 0 Å². The largest absolute Gasteiger partial charge is 0.495 e. The average molecular weight is 418 g/mol. The molecule has 0 radical (unpaired) electrons. The summed E-state index contributed by atoms with van der Waals surface area (Å²) in [6, 6.07) is 12.4. The lowest BCUT2D eigenvalue weighted by molar-refractivity contribution is -0.120. The monoisotopic (exact) mass is 417 g/mol. The summed E-state index contributed by atoms with van der Waals surface area (Å²) in [7, 11) is 1.56. The summed E-state index contributed by atoms with van der Waals surface area (Å²) in [5, 5.41) is 5.83. The third-order valence-corrected chi connectivity index (χ3v) is 5.14. The van der Waals surface area contributed by atoms with Gasteiger partial charge in [0.25, 0.3) is 5.91 Å². The number of carbonyl (C=O) groups is 2. The van der Waals surface area contributed by atoms with Gasteiger partial charge in [0, 0.05) is 23.7 Å². The van der Waals surface area contributed by atoms with Gasteiger partial charge in [0.1, 0.15) is 5.75 Å². The summed E-state index contributed by atoms with van der Waals surface area (Å²) in [5.74, 6) is 0.393. The molecule has 4 N–H and O–H groups in total. The number of ether oxygens (including phenoxy) is 1. The Kier molecular flexibility index (Phi) is 8.49. The van der Waals surface area contributed by atoms with Crippen LogP contribution in [-0.2, 0) is 11.3 Å². The van der Waals surface area contributed by atoms with E-state index in [0.29, 0.717) is 29.2 Å². The van der Waals surface area contributed by atoms with Crippen LogP contribution in [-0.4, -0.2) is 18.9 Å². The van der Waals surface area contributed by atoms with Crippen LogP contribution in [0.15, 0.2) is 42.5 Å². The van der Waals surface area contributed by atoms with Gasteiger partial charge in [0.15, 0.2) is 0 Å². The van der Waals surface area contributed by atoms with E-state index >= 15 is 0 Å². The van der Waals surface area contributed by atoms with E-state index in [0.717, 1.165) is 31.2 Å². The zero-order valence-corrected chi connectivity index (χ0v) is 17.4. The quantitative estimate of drug-likeness (QED) is 0.651. The molecular formula is C22H28ClN3O3. The minimum absolute atomic E-state index is 0. The summed E-state index contributed by atoms with van der Waals surface area (Å²) in [5.41, 5.74) is 8.25. The molecule has 6 nitrogen and oxygen atoms in total. The zero-order valence-electron chi connectivity index (χ0n) is 16.6. The van der Waals surface area contributed by atoms with Crippen LogP contribution >= 0.6 is 12.4 Å². The van der Waals surface area contributed by atoms with Crippen molar-refractivity contribution < 1.29 is 14.3 Å². The summed E-state index contributed by atoms with van der Waals surface area (Å²) in [6.45, 7) is 0.435. The second-order valence-corrected chi connectivity index (χ2v) is 7.09. The molecule has 2 aromatic rings. The van der Waals surface area contributed by atoms with E-state index in [1.165, 1.54) is 6.42 Å². The molecule has 2 aromatic carbocycles. The second-order valence-electron chi connectivity index (χ2n) is 7.09. The van der Waals surface area contributed by atoms with Crippen molar-refractivity contribution in [3.05, 3.63) is 53.6 Å². The van der Waals surface area contributed by atoms with Gasteiger partial charge in [0.2, 0.25) is 5.91 Å². The molecule has 3 rings (SSSR count). The molecule has 29 heavy (non-hydrogen) atoms. The number of rotatable bonds is 6. The summed E-state index contributed by atoms with van der Waals surface area (Å²) in [4.78, 5) is 25.1. The van der Waals surface area contributed by atoms with Gasteiger partial charge in [-0.3, -0.25) is 9.59 Å². The smallest absolute Gasteiger partial charge is 0.255 e. The molecule has 0 atom stereocenters. The first-order valence-corrected chi connectivity index (χ1v) is 9.70. The van der Waals surface area contributed by atoms with E-state index < -0.39 is 0 Å². The van der Waals surface area contributed by atoms with Crippen LogP contribution in [0.5, 0.6) is 5.75 Å². The van der Waals surface area contributed by atoms with E-state index in [2.05, 4.69) is 10.6 Å². The molecule has 0 aliphatic heterocycles. The maximum Gasteiger partial charge on any atom is 0.255 e. The Hall–Kier alpha value is -2.57. The number of halogens is 1. The van der Waals surface area contributed by atoms with Crippen molar-refractivity contribution in [2.75, 3.05) is 17.7 Å². The Morgan fingerprint density at radius 1 is 1.03 bits per heavy atom. The minimum Gasteiger partial charge on any atom is -0.495 e. The second kappa shape index (κ2) is 10.8. The summed E-state index contributed by atoms with van der Waals surface area (Å²) in [6.07, 6.45) is 5.22. The van der Waals surface area contributed by atoms with Crippen LogP contribution in [0.4, 0.5) is 11.4 Å².